The first kappa shape index (κ1) is 15.3. The lowest BCUT2D eigenvalue weighted by Crippen LogP contribution is -2.34. The van der Waals surface area contributed by atoms with E-state index in [1.54, 1.807) is 19.1 Å². The molecule has 8 heteroatoms. The normalized spacial score (nSPS) is 20.4. The number of benzene rings is 1. The predicted octanol–water partition coefficient (Wildman–Crippen LogP) is 0.386. The molecule has 0 saturated carbocycles. The van der Waals surface area contributed by atoms with Gasteiger partial charge in [0.15, 0.2) is 9.84 Å². The highest BCUT2D eigenvalue weighted by Crippen LogP contribution is 2.24. The number of anilines is 1. The minimum Gasteiger partial charge on any atom is -0.398 e. The Morgan fingerprint density at radius 3 is 2.60 bits per heavy atom. The molecule has 20 heavy (non-hydrogen) atoms. The van der Waals surface area contributed by atoms with Crippen LogP contribution >= 0.6 is 0 Å². The van der Waals surface area contributed by atoms with Crippen LogP contribution in [0.4, 0.5) is 5.69 Å². The fourth-order valence-electron chi connectivity index (χ4n) is 2.21. The van der Waals surface area contributed by atoms with Crippen LogP contribution in [0.25, 0.3) is 0 Å². The monoisotopic (exact) mass is 318 g/mol. The van der Waals surface area contributed by atoms with Gasteiger partial charge in [0.2, 0.25) is 10.0 Å². The average Bonchev–Trinajstić information content (AvgIpc) is 2.54. The number of nitrogen functional groups attached to an aromatic ring is 1. The van der Waals surface area contributed by atoms with Crippen molar-refractivity contribution in [1.29, 1.82) is 0 Å². The van der Waals surface area contributed by atoms with Crippen molar-refractivity contribution < 1.29 is 16.8 Å². The molecule has 2 N–H and O–H groups in total. The van der Waals surface area contributed by atoms with Gasteiger partial charge in [0, 0.05) is 18.8 Å². The molecule has 1 aliphatic heterocycles. The van der Waals surface area contributed by atoms with Gasteiger partial charge in [-0.15, -0.1) is 0 Å². The van der Waals surface area contributed by atoms with Gasteiger partial charge in [-0.25, -0.2) is 16.8 Å². The first-order valence-electron chi connectivity index (χ1n) is 6.30. The number of hydrogen-bond acceptors (Lipinski definition) is 5. The number of nitrogens with two attached hydrogens (primary N) is 1. The Balaban J connectivity index is 2.38. The molecule has 2 rings (SSSR count). The molecule has 0 unspecified atom stereocenters. The third kappa shape index (κ3) is 2.97. The van der Waals surface area contributed by atoms with E-state index in [-0.39, 0.29) is 29.5 Å². The minimum absolute atomic E-state index is 0.00109. The van der Waals surface area contributed by atoms with Crippen molar-refractivity contribution in [2.45, 2.75) is 18.2 Å². The van der Waals surface area contributed by atoms with Gasteiger partial charge in [-0.3, -0.25) is 0 Å². The van der Waals surface area contributed by atoms with Crippen LogP contribution in [0.2, 0.25) is 0 Å². The van der Waals surface area contributed by atoms with Crippen LogP contribution in [0.5, 0.6) is 0 Å². The summed E-state index contributed by atoms with van der Waals surface area (Å²) in [6.07, 6.45) is 0.322. The molecule has 6 nitrogen and oxygen atoms in total. The molecule has 0 aromatic heterocycles. The zero-order valence-electron chi connectivity index (χ0n) is 11.2. The summed E-state index contributed by atoms with van der Waals surface area (Å²) in [6, 6.07) is 4.73. The number of sulfonamides is 1. The van der Waals surface area contributed by atoms with E-state index in [9.17, 15) is 16.8 Å². The first-order chi connectivity index (χ1) is 9.24. The molecule has 0 aliphatic carbocycles. The second-order valence-corrected chi connectivity index (χ2v) is 9.09. The molecule has 1 aromatic carbocycles. The Bertz CT molecular complexity index is 711. The van der Waals surface area contributed by atoms with Crippen molar-refractivity contribution in [1.82, 2.24) is 4.31 Å². The molecule has 1 saturated heterocycles. The standard InChI is InChI=1S/C12H18N2O4S2/c1-10-11(13)4-2-5-12(10)20(17,18)14-6-3-8-19(15,16)9-7-14/h2,4-5H,3,6-9,13H2,1H3. The second kappa shape index (κ2) is 5.34. The summed E-state index contributed by atoms with van der Waals surface area (Å²) in [6.45, 7) is 1.87. The zero-order valence-corrected chi connectivity index (χ0v) is 12.9. The van der Waals surface area contributed by atoms with E-state index in [0.29, 0.717) is 17.7 Å². The predicted molar refractivity (Wildman–Crippen MR) is 77.6 cm³/mol. The molecule has 0 amide bonds. The second-order valence-electron chi connectivity index (χ2n) is 4.88. The van der Waals surface area contributed by atoms with Crippen LogP contribution in [0, 0.1) is 6.92 Å². The van der Waals surface area contributed by atoms with Crippen LogP contribution in [0.3, 0.4) is 0 Å². The van der Waals surface area contributed by atoms with E-state index in [2.05, 4.69) is 0 Å². The molecule has 0 atom stereocenters. The lowest BCUT2D eigenvalue weighted by molar-refractivity contribution is 0.434. The Hall–Kier alpha value is -1.12. The van der Waals surface area contributed by atoms with Gasteiger partial charge in [0.25, 0.3) is 0 Å². The molecule has 0 bridgehead atoms. The maximum absolute atomic E-state index is 12.6. The lowest BCUT2D eigenvalue weighted by atomic mass is 10.2. The molecule has 0 spiro atoms. The topological polar surface area (TPSA) is 97.5 Å². The Morgan fingerprint density at radius 1 is 1.20 bits per heavy atom. The Morgan fingerprint density at radius 2 is 1.90 bits per heavy atom. The van der Waals surface area contributed by atoms with Crippen molar-refractivity contribution in [2.75, 3.05) is 30.3 Å². The first-order valence-corrected chi connectivity index (χ1v) is 9.56. The maximum atomic E-state index is 12.6. The summed E-state index contributed by atoms with van der Waals surface area (Å²) in [4.78, 5) is 0.150. The number of nitrogens with zero attached hydrogens (tertiary/aromatic N) is 1. The smallest absolute Gasteiger partial charge is 0.243 e. The fourth-order valence-corrected chi connectivity index (χ4v) is 5.33. The molecular weight excluding hydrogens is 300 g/mol. The van der Waals surface area contributed by atoms with Gasteiger partial charge in [0.1, 0.15) is 0 Å². The van der Waals surface area contributed by atoms with E-state index < -0.39 is 19.9 Å². The molecule has 0 radical (unpaired) electrons. The van der Waals surface area contributed by atoms with Crippen molar-refractivity contribution in [3.63, 3.8) is 0 Å². The highest BCUT2D eigenvalue weighted by atomic mass is 32.2. The van der Waals surface area contributed by atoms with Gasteiger partial charge in [-0.05, 0) is 31.0 Å². The van der Waals surface area contributed by atoms with E-state index in [1.165, 1.54) is 10.4 Å². The zero-order chi connectivity index (χ0) is 15.0. The lowest BCUT2D eigenvalue weighted by Gasteiger charge is -2.21. The maximum Gasteiger partial charge on any atom is 0.243 e. The molecular formula is C12H18N2O4S2. The third-order valence-electron chi connectivity index (χ3n) is 3.46. The number of rotatable bonds is 2. The number of sulfone groups is 1. The van der Waals surface area contributed by atoms with Crippen molar-refractivity contribution >= 4 is 25.5 Å². The Labute approximate surface area is 119 Å². The largest absolute Gasteiger partial charge is 0.398 e. The van der Waals surface area contributed by atoms with Crippen molar-refractivity contribution in [3.8, 4) is 0 Å². The summed E-state index contributed by atoms with van der Waals surface area (Å²) in [7, 11) is -6.84. The molecule has 1 heterocycles. The summed E-state index contributed by atoms with van der Waals surface area (Å²) in [5.74, 6) is -0.0947. The summed E-state index contributed by atoms with van der Waals surface area (Å²) >= 11 is 0. The van der Waals surface area contributed by atoms with Gasteiger partial charge in [0.05, 0.1) is 16.4 Å². The summed E-state index contributed by atoms with van der Waals surface area (Å²) in [5, 5.41) is 0. The van der Waals surface area contributed by atoms with Gasteiger partial charge >= 0.3 is 0 Å². The quantitative estimate of drug-likeness (QED) is 0.795. The summed E-state index contributed by atoms with van der Waals surface area (Å²) in [5.41, 5.74) is 6.65. The van der Waals surface area contributed by atoms with Crippen LogP contribution in [-0.2, 0) is 19.9 Å². The number of hydrogen-bond donors (Lipinski definition) is 1. The van der Waals surface area contributed by atoms with Gasteiger partial charge in [-0.1, -0.05) is 6.07 Å². The fraction of sp³-hybridized carbons (Fsp3) is 0.500. The molecule has 112 valence electrons. The molecule has 1 aromatic rings. The van der Waals surface area contributed by atoms with Crippen LogP contribution in [0.1, 0.15) is 12.0 Å². The van der Waals surface area contributed by atoms with E-state index >= 15 is 0 Å². The molecule has 1 aliphatic rings. The molecule has 1 fully saturated rings. The van der Waals surface area contributed by atoms with E-state index in [4.69, 9.17) is 5.73 Å². The minimum atomic E-state index is -3.70. The van der Waals surface area contributed by atoms with Crippen molar-refractivity contribution in [2.24, 2.45) is 0 Å². The highest BCUT2D eigenvalue weighted by Gasteiger charge is 2.30. The van der Waals surface area contributed by atoms with E-state index in [1.807, 2.05) is 0 Å². The van der Waals surface area contributed by atoms with Gasteiger partial charge in [-0.2, -0.15) is 4.31 Å². The SMILES string of the molecule is Cc1c(N)cccc1S(=O)(=O)N1CCCS(=O)(=O)CC1. The van der Waals surface area contributed by atoms with Crippen LogP contribution in [-0.4, -0.2) is 45.7 Å². The summed E-state index contributed by atoms with van der Waals surface area (Å²) < 4.78 is 49.6. The average molecular weight is 318 g/mol. The van der Waals surface area contributed by atoms with E-state index in [0.717, 1.165) is 0 Å². The highest BCUT2D eigenvalue weighted by molar-refractivity contribution is 7.91. The van der Waals surface area contributed by atoms with Crippen LogP contribution in [0.15, 0.2) is 23.1 Å². The van der Waals surface area contributed by atoms with Gasteiger partial charge < -0.3 is 5.73 Å². The Kier molecular flexibility index (Phi) is 4.08. The van der Waals surface area contributed by atoms with Crippen molar-refractivity contribution in [3.05, 3.63) is 23.8 Å². The third-order valence-corrected chi connectivity index (χ3v) is 7.22. The van der Waals surface area contributed by atoms with Crippen LogP contribution < -0.4 is 5.73 Å².